The number of halogens is 3. The fourth-order valence-electron chi connectivity index (χ4n) is 3.79. The molecule has 1 atom stereocenters. The number of amides is 2. The van der Waals surface area contributed by atoms with Crippen molar-refractivity contribution in [2.75, 3.05) is 18.5 Å². The maximum atomic E-state index is 13.4. The summed E-state index contributed by atoms with van der Waals surface area (Å²) in [7, 11) is 0. The number of pyridine rings is 1. The molecule has 0 saturated carbocycles. The molecule has 2 amide bonds. The van der Waals surface area contributed by atoms with Crippen LogP contribution in [0.15, 0.2) is 53.6 Å². The number of aryl methyl sites for hydroxylation is 1. The van der Waals surface area contributed by atoms with Gasteiger partial charge < -0.3 is 20.7 Å². The molecule has 1 aliphatic heterocycles. The molecule has 13 heteroatoms. The molecule has 1 aliphatic rings. The fraction of sp³-hybridized carbons (Fsp3) is 0.292. The fourth-order valence-corrected chi connectivity index (χ4v) is 3.79. The first-order valence-electron chi connectivity index (χ1n) is 11.2. The number of hydrogen-bond acceptors (Lipinski definition) is 7. The standard InChI is InChI=1S/C24H23F3N6O4/c1-14-2-5-19(18(8-14)24(25,26)27)31-17-4-3-16(28-12-17)11-29-22(36)23(6-7-37-13-23)32-21(35)15-9-20(34)33-30-10-15/h2-5,8-10,12,31H,6-7,11,13H2,1H3,(H,29,36)(H,32,35)(H,33,34)/t23-/m0/s1. The Labute approximate surface area is 208 Å². The number of ether oxygens (including phenoxy) is 1. The van der Waals surface area contributed by atoms with Gasteiger partial charge in [0.2, 0.25) is 5.91 Å². The topological polar surface area (TPSA) is 138 Å². The van der Waals surface area contributed by atoms with Crippen molar-refractivity contribution in [2.24, 2.45) is 0 Å². The SMILES string of the molecule is Cc1ccc(Nc2ccc(CNC(=O)[C@]3(NC(=O)c4cn[nH]c(=O)c4)CCOC3)nc2)c(C(F)(F)F)c1. The summed E-state index contributed by atoms with van der Waals surface area (Å²) in [5.41, 5.74) is -1.54. The Morgan fingerprint density at radius 3 is 2.62 bits per heavy atom. The highest BCUT2D eigenvalue weighted by Gasteiger charge is 2.44. The second-order valence-electron chi connectivity index (χ2n) is 8.57. The van der Waals surface area contributed by atoms with E-state index in [9.17, 15) is 27.6 Å². The van der Waals surface area contributed by atoms with Gasteiger partial charge in [-0.3, -0.25) is 19.4 Å². The number of rotatable bonds is 7. The molecular formula is C24H23F3N6O4. The van der Waals surface area contributed by atoms with E-state index in [-0.39, 0.29) is 37.4 Å². The Hall–Kier alpha value is -4.26. The minimum Gasteiger partial charge on any atom is -0.378 e. The summed E-state index contributed by atoms with van der Waals surface area (Å²) >= 11 is 0. The van der Waals surface area contributed by atoms with Crippen LogP contribution in [0.25, 0.3) is 0 Å². The molecule has 2 aromatic heterocycles. The van der Waals surface area contributed by atoms with Crippen LogP contribution in [-0.2, 0) is 22.3 Å². The van der Waals surface area contributed by atoms with Crippen molar-refractivity contribution >= 4 is 23.2 Å². The van der Waals surface area contributed by atoms with Crippen LogP contribution in [0.4, 0.5) is 24.5 Å². The first-order chi connectivity index (χ1) is 17.6. The van der Waals surface area contributed by atoms with E-state index >= 15 is 0 Å². The van der Waals surface area contributed by atoms with Gasteiger partial charge in [-0.1, -0.05) is 11.6 Å². The van der Waals surface area contributed by atoms with Crippen LogP contribution < -0.4 is 21.5 Å². The maximum absolute atomic E-state index is 13.4. The molecule has 0 spiro atoms. The Morgan fingerprint density at radius 2 is 1.97 bits per heavy atom. The highest BCUT2D eigenvalue weighted by Crippen LogP contribution is 2.36. The summed E-state index contributed by atoms with van der Waals surface area (Å²) in [6, 6.07) is 8.16. The number of aromatic amines is 1. The smallest absolute Gasteiger partial charge is 0.378 e. The summed E-state index contributed by atoms with van der Waals surface area (Å²) in [4.78, 5) is 41.2. The molecule has 0 bridgehead atoms. The molecule has 10 nitrogen and oxygen atoms in total. The molecule has 3 aromatic rings. The van der Waals surface area contributed by atoms with E-state index in [1.807, 2.05) is 0 Å². The first-order valence-corrected chi connectivity index (χ1v) is 11.2. The molecule has 0 unspecified atom stereocenters. The van der Waals surface area contributed by atoms with E-state index in [0.29, 0.717) is 16.9 Å². The van der Waals surface area contributed by atoms with Gasteiger partial charge in [-0.15, -0.1) is 0 Å². The third-order valence-electron chi connectivity index (χ3n) is 5.75. The Kier molecular flexibility index (Phi) is 7.25. The highest BCUT2D eigenvalue weighted by atomic mass is 19.4. The lowest BCUT2D eigenvalue weighted by molar-refractivity contribution is -0.137. The molecule has 194 valence electrons. The maximum Gasteiger partial charge on any atom is 0.418 e. The van der Waals surface area contributed by atoms with Gasteiger partial charge in [-0.05, 0) is 31.2 Å². The van der Waals surface area contributed by atoms with E-state index in [2.05, 4.69) is 31.1 Å². The Balaban J connectivity index is 1.40. The van der Waals surface area contributed by atoms with Crippen molar-refractivity contribution < 1.29 is 27.5 Å². The van der Waals surface area contributed by atoms with Crippen LogP contribution in [-0.4, -0.2) is 45.7 Å². The Morgan fingerprint density at radius 1 is 1.16 bits per heavy atom. The number of anilines is 2. The zero-order valence-corrected chi connectivity index (χ0v) is 19.6. The molecule has 4 N–H and O–H groups in total. The van der Waals surface area contributed by atoms with Crippen LogP contribution in [0.5, 0.6) is 0 Å². The normalized spacial score (nSPS) is 17.3. The van der Waals surface area contributed by atoms with Crippen molar-refractivity contribution in [3.8, 4) is 0 Å². The van der Waals surface area contributed by atoms with Gasteiger partial charge in [-0.2, -0.15) is 18.3 Å². The van der Waals surface area contributed by atoms with Gasteiger partial charge in [0, 0.05) is 19.1 Å². The number of carbonyl (C=O) groups excluding carboxylic acids is 2. The minimum atomic E-state index is -4.52. The number of H-pyrrole nitrogens is 1. The predicted octanol–water partition coefficient (Wildman–Crippen LogP) is 2.44. The molecule has 0 radical (unpaired) electrons. The molecule has 1 aromatic carbocycles. The highest BCUT2D eigenvalue weighted by molar-refractivity contribution is 5.99. The summed E-state index contributed by atoms with van der Waals surface area (Å²) in [6.45, 7) is 1.77. The minimum absolute atomic E-state index is 0.00161. The van der Waals surface area contributed by atoms with E-state index in [1.165, 1.54) is 18.5 Å². The van der Waals surface area contributed by atoms with Crippen molar-refractivity contribution in [1.82, 2.24) is 25.8 Å². The van der Waals surface area contributed by atoms with Gasteiger partial charge in [0.15, 0.2) is 0 Å². The molecular weight excluding hydrogens is 493 g/mol. The second kappa shape index (κ2) is 10.4. The number of aromatic nitrogens is 3. The van der Waals surface area contributed by atoms with E-state index < -0.39 is 34.7 Å². The molecule has 1 saturated heterocycles. The van der Waals surface area contributed by atoms with Crippen molar-refractivity contribution in [1.29, 1.82) is 0 Å². The van der Waals surface area contributed by atoms with Crippen LogP contribution in [0, 0.1) is 6.92 Å². The van der Waals surface area contributed by atoms with Crippen LogP contribution in [0.2, 0.25) is 0 Å². The summed E-state index contributed by atoms with van der Waals surface area (Å²) in [5, 5.41) is 13.8. The third-order valence-corrected chi connectivity index (χ3v) is 5.75. The summed E-state index contributed by atoms with van der Waals surface area (Å²) < 4.78 is 45.5. The van der Waals surface area contributed by atoms with Crippen molar-refractivity contribution in [2.45, 2.75) is 31.6 Å². The largest absolute Gasteiger partial charge is 0.418 e. The van der Waals surface area contributed by atoms with Crippen LogP contribution >= 0.6 is 0 Å². The molecule has 37 heavy (non-hydrogen) atoms. The van der Waals surface area contributed by atoms with Crippen LogP contribution in [0.1, 0.15) is 33.6 Å². The van der Waals surface area contributed by atoms with Gasteiger partial charge in [-0.25, -0.2) is 5.10 Å². The number of hydrogen-bond donors (Lipinski definition) is 4. The van der Waals surface area contributed by atoms with E-state index in [4.69, 9.17) is 4.74 Å². The zero-order valence-electron chi connectivity index (χ0n) is 19.6. The molecule has 3 heterocycles. The van der Waals surface area contributed by atoms with Gasteiger partial charge >= 0.3 is 6.18 Å². The lowest BCUT2D eigenvalue weighted by atomic mass is 9.96. The van der Waals surface area contributed by atoms with Gasteiger partial charge in [0.1, 0.15) is 5.54 Å². The molecule has 4 rings (SSSR count). The monoisotopic (exact) mass is 516 g/mol. The second-order valence-corrected chi connectivity index (χ2v) is 8.57. The van der Waals surface area contributed by atoms with Crippen molar-refractivity contribution in [3.63, 3.8) is 0 Å². The number of nitrogens with one attached hydrogen (secondary N) is 4. The van der Waals surface area contributed by atoms with Crippen molar-refractivity contribution in [3.05, 3.63) is 81.5 Å². The number of carbonyl (C=O) groups is 2. The summed E-state index contributed by atoms with van der Waals surface area (Å²) in [6.07, 6.45) is -1.77. The average molecular weight is 516 g/mol. The number of alkyl halides is 3. The van der Waals surface area contributed by atoms with Gasteiger partial charge in [0.25, 0.3) is 11.5 Å². The quantitative estimate of drug-likeness (QED) is 0.378. The lowest BCUT2D eigenvalue weighted by Gasteiger charge is -2.27. The number of nitrogens with zero attached hydrogens (tertiary/aromatic N) is 2. The zero-order chi connectivity index (χ0) is 26.6. The average Bonchev–Trinajstić information content (AvgIpc) is 3.33. The predicted molar refractivity (Wildman–Crippen MR) is 126 cm³/mol. The van der Waals surface area contributed by atoms with E-state index in [0.717, 1.165) is 12.1 Å². The number of benzene rings is 1. The lowest BCUT2D eigenvalue weighted by Crippen LogP contribution is -2.59. The Bertz CT molecular complexity index is 1350. The van der Waals surface area contributed by atoms with E-state index in [1.54, 1.807) is 25.1 Å². The summed E-state index contributed by atoms with van der Waals surface area (Å²) in [5.74, 6) is -1.16. The third kappa shape index (κ3) is 6.12. The van der Waals surface area contributed by atoms with Gasteiger partial charge in [0.05, 0.1) is 53.7 Å². The molecule has 0 aliphatic carbocycles. The molecule has 1 fully saturated rings. The first kappa shape index (κ1) is 25.8. The van der Waals surface area contributed by atoms with Crippen LogP contribution in [0.3, 0.4) is 0 Å².